The lowest BCUT2D eigenvalue weighted by Crippen LogP contribution is -2.13. The topological polar surface area (TPSA) is 38.0 Å². The van der Waals surface area contributed by atoms with E-state index in [9.17, 15) is 13.2 Å². The highest BCUT2D eigenvalue weighted by atomic mass is 79.9. The molecule has 20 heavy (non-hydrogen) atoms. The van der Waals surface area contributed by atoms with Crippen LogP contribution in [0.5, 0.6) is 0 Å². The van der Waals surface area contributed by atoms with E-state index < -0.39 is 17.5 Å². The number of benzene rings is 2. The Kier molecular flexibility index (Phi) is 4.29. The molecule has 0 bridgehead atoms. The van der Waals surface area contributed by atoms with Gasteiger partial charge in [-0.2, -0.15) is 0 Å². The van der Waals surface area contributed by atoms with Gasteiger partial charge in [0.05, 0.1) is 11.4 Å². The first kappa shape index (κ1) is 14.8. The van der Waals surface area contributed by atoms with Gasteiger partial charge >= 0.3 is 0 Å². The molecular formula is C13H8BrF3N2S. The minimum absolute atomic E-state index is 0.00822. The maximum Gasteiger partial charge on any atom is 0.182 e. The van der Waals surface area contributed by atoms with E-state index >= 15 is 0 Å². The van der Waals surface area contributed by atoms with Crippen molar-refractivity contribution in [1.29, 1.82) is 0 Å². The Morgan fingerprint density at radius 1 is 1.10 bits per heavy atom. The molecule has 0 unspecified atom stereocenters. The van der Waals surface area contributed by atoms with Gasteiger partial charge in [0.2, 0.25) is 0 Å². The lowest BCUT2D eigenvalue weighted by molar-refractivity contribution is 0.510. The Balaban J connectivity index is 2.45. The van der Waals surface area contributed by atoms with E-state index in [-0.39, 0.29) is 21.9 Å². The van der Waals surface area contributed by atoms with E-state index in [4.69, 9.17) is 5.73 Å². The quantitative estimate of drug-likeness (QED) is 0.803. The second kappa shape index (κ2) is 5.80. The highest BCUT2D eigenvalue weighted by molar-refractivity contribution is 9.10. The van der Waals surface area contributed by atoms with Crippen LogP contribution in [0.25, 0.3) is 0 Å². The summed E-state index contributed by atoms with van der Waals surface area (Å²) in [7, 11) is 0. The monoisotopic (exact) mass is 360 g/mol. The number of halogens is 4. The van der Waals surface area contributed by atoms with Gasteiger partial charge in [0.1, 0.15) is 10.8 Å². The van der Waals surface area contributed by atoms with Crippen molar-refractivity contribution in [2.45, 2.75) is 0 Å². The van der Waals surface area contributed by atoms with Crippen molar-refractivity contribution >= 4 is 44.5 Å². The Labute approximate surface area is 126 Å². The minimum atomic E-state index is -1.18. The molecule has 2 rings (SSSR count). The number of rotatable bonds is 3. The summed E-state index contributed by atoms with van der Waals surface area (Å²) in [5.41, 5.74) is 4.87. The Bertz CT molecular complexity index is 671. The van der Waals surface area contributed by atoms with Crippen LogP contribution in [0.4, 0.5) is 24.5 Å². The van der Waals surface area contributed by atoms with Crippen LogP contribution in [0.15, 0.2) is 34.8 Å². The van der Waals surface area contributed by atoms with Crippen LogP contribution < -0.4 is 11.1 Å². The number of thiocarbonyl (C=S) groups is 1. The molecular weight excluding hydrogens is 353 g/mol. The molecule has 0 aliphatic carbocycles. The van der Waals surface area contributed by atoms with E-state index in [1.54, 1.807) is 6.07 Å². The summed E-state index contributed by atoms with van der Waals surface area (Å²) in [5.74, 6) is -2.95. The zero-order chi connectivity index (χ0) is 14.9. The predicted molar refractivity (Wildman–Crippen MR) is 79.6 cm³/mol. The Morgan fingerprint density at radius 3 is 2.40 bits per heavy atom. The first-order valence-electron chi connectivity index (χ1n) is 5.40. The molecule has 104 valence electrons. The van der Waals surface area contributed by atoms with Gasteiger partial charge in [-0.1, -0.05) is 18.3 Å². The van der Waals surface area contributed by atoms with Gasteiger partial charge < -0.3 is 11.1 Å². The van der Waals surface area contributed by atoms with E-state index in [0.717, 1.165) is 0 Å². The zero-order valence-corrected chi connectivity index (χ0v) is 12.3. The van der Waals surface area contributed by atoms with E-state index in [1.165, 1.54) is 24.3 Å². The summed E-state index contributed by atoms with van der Waals surface area (Å²) >= 11 is 7.73. The smallest absolute Gasteiger partial charge is 0.182 e. The number of hydrogen-bond donors (Lipinski definition) is 2. The van der Waals surface area contributed by atoms with Crippen molar-refractivity contribution in [1.82, 2.24) is 0 Å². The lowest BCUT2D eigenvalue weighted by Gasteiger charge is -2.12. The molecule has 2 aromatic carbocycles. The Morgan fingerprint density at radius 2 is 1.80 bits per heavy atom. The average Bonchev–Trinajstić information content (AvgIpc) is 2.38. The van der Waals surface area contributed by atoms with Gasteiger partial charge in [0, 0.05) is 10.0 Å². The van der Waals surface area contributed by atoms with Crippen molar-refractivity contribution in [2.24, 2.45) is 5.73 Å². The largest absolute Gasteiger partial charge is 0.389 e. The molecule has 7 heteroatoms. The van der Waals surface area contributed by atoms with Crippen molar-refractivity contribution in [3.8, 4) is 0 Å². The van der Waals surface area contributed by atoms with Crippen LogP contribution in [-0.4, -0.2) is 4.99 Å². The van der Waals surface area contributed by atoms with Gasteiger partial charge in [-0.25, -0.2) is 13.2 Å². The fourth-order valence-electron chi connectivity index (χ4n) is 1.59. The molecule has 0 fully saturated rings. The first-order chi connectivity index (χ1) is 9.41. The third kappa shape index (κ3) is 2.78. The van der Waals surface area contributed by atoms with E-state index in [0.29, 0.717) is 4.47 Å². The van der Waals surface area contributed by atoms with Crippen LogP contribution in [-0.2, 0) is 0 Å². The van der Waals surface area contributed by atoms with Crippen LogP contribution in [0, 0.1) is 17.5 Å². The summed E-state index contributed by atoms with van der Waals surface area (Å²) < 4.78 is 41.6. The number of anilines is 2. The summed E-state index contributed by atoms with van der Waals surface area (Å²) in [6.45, 7) is 0. The van der Waals surface area contributed by atoms with Gasteiger partial charge in [-0.15, -0.1) is 0 Å². The fourth-order valence-corrected chi connectivity index (χ4v) is 2.19. The van der Waals surface area contributed by atoms with Gasteiger partial charge in [0.15, 0.2) is 11.6 Å². The molecule has 3 N–H and O–H groups in total. The van der Waals surface area contributed by atoms with Crippen LogP contribution in [0.3, 0.4) is 0 Å². The SMILES string of the molecule is NC(=S)c1ccc(Nc2c(F)cccc2Br)c(F)c1F. The molecule has 0 heterocycles. The van der Waals surface area contributed by atoms with Crippen LogP contribution >= 0.6 is 28.1 Å². The maximum atomic E-state index is 13.9. The van der Waals surface area contributed by atoms with E-state index in [2.05, 4.69) is 33.5 Å². The summed E-state index contributed by atoms with van der Waals surface area (Å²) in [5, 5.41) is 2.49. The highest BCUT2D eigenvalue weighted by Gasteiger charge is 2.16. The Hall–Kier alpha value is -1.60. The predicted octanol–water partition coefficient (Wildman–Crippen LogP) is 4.24. The standard InChI is InChI=1S/C13H8BrF3N2S/c14-7-2-1-3-8(15)12(7)19-9-5-4-6(13(18)20)10(16)11(9)17/h1-5,19H,(H2,18,20). The molecule has 0 saturated carbocycles. The molecule has 0 aromatic heterocycles. The average molecular weight is 361 g/mol. The number of nitrogens with one attached hydrogen (secondary N) is 1. The molecule has 0 saturated heterocycles. The molecule has 2 nitrogen and oxygen atoms in total. The summed E-state index contributed by atoms with van der Waals surface area (Å²) in [6, 6.07) is 6.73. The molecule has 0 spiro atoms. The molecule has 0 atom stereocenters. The van der Waals surface area contributed by atoms with Crippen LogP contribution in [0.1, 0.15) is 5.56 Å². The number of nitrogens with two attached hydrogens (primary N) is 1. The lowest BCUT2D eigenvalue weighted by atomic mass is 10.1. The van der Waals surface area contributed by atoms with Crippen molar-refractivity contribution in [2.75, 3.05) is 5.32 Å². The second-order valence-electron chi connectivity index (χ2n) is 3.87. The molecule has 0 amide bonds. The molecule has 2 aromatic rings. The summed E-state index contributed by atoms with van der Waals surface area (Å²) in [4.78, 5) is -0.250. The van der Waals surface area contributed by atoms with Crippen LogP contribution in [0.2, 0.25) is 0 Å². The number of hydrogen-bond acceptors (Lipinski definition) is 2. The normalized spacial score (nSPS) is 10.4. The molecule has 0 aliphatic heterocycles. The van der Waals surface area contributed by atoms with Gasteiger partial charge in [-0.3, -0.25) is 0 Å². The highest BCUT2D eigenvalue weighted by Crippen LogP contribution is 2.30. The zero-order valence-electron chi connectivity index (χ0n) is 9.88. The first-order valence-corrected chi connectivity index (χ1v) is 6.60. The number of para-hydroxylation sites is 1. The molecule has 0 aliphatic rings. The van der Waals surface area contributed by atoms with Crippen molar-refractivity contribution in [3.63, 3.8) is 0 Å². The maximum absolute atomic E-state index is 13.9. The van der Waals surface area contributed by atoms with Crippen molar-refractivity contribution < 1.29 is 13.2 Å². The van der Waals surface area contributed by atoms with Crippen molar-refractivity contribution in [3.05, 3.63) is 57.8 Å². The molecule has 0 radical (unpaired) electrons. The fraction of sp³-hybridized carbons (Fsp3) is 0. The third-order valence-corrected chi connectivity index (χ3v) is 3.45. The summed E-state index contributed by atoms with van der Waals surface area (Å²) in [6.07, 6.45) is 0. The van der Waals surface area contributed by atoms with E-state index in [1.807, 2.05) is 0 Å². The van der Waals surface area contributed by atoms with Gasteiger partial charge in [-0.05, 0) is 40.2 Å². The van der Waals surface area contributed by atoms with Gasteiger partial charge in [0.25, 0.3) is 0 Å². The minimum Gasteiger partial charge on any atom is -0.389 e. The second-order valence-corrected chi connectivity index (χ2v) is 5.17. The third-order valence-electron chi connectivity index (χ3n) is 2.57.